The van der Waals surface area contributed by atoms with Crippen molar-refractivity contribution in [3.63, 3.8) is 0 Å². The summed E-state index contributed by atoms with van der Waals surface area (Å²) in [7, 11) is 1.68. The fourth-order valence-electron chi connectivity index (χ4n) is 2.20. The van der Waals surface area contributed by atoms with E-state index in [9.17, 15) is 0 Å². The lowest BCUT2D eigenvalue weighted by atomic mass is 10.0. The Labute approximate surface area is 120 Å². The smallest absolute Gasteiger partial charge is 0.118 e. The summed E-state index contributed by atoms with van der Waals surface area (Å²) in [6.45, 7) is 2.12. The van der Waals surface area contributed by atoms with E-state index in [0.717, 1.165) is 17.7 Å². The fraction of sp³-hybridized carbons (Fsp3) is 0.222. The van der Waals surface area contributed by atoms with Crippen LogP contribution in [-0.4, -0.2) is 7.11 Å². The summed E-state index contributed by atoms with van der Waals surface area (Å²) >= 11 is 0. The third-order valence-corrected chi connectivity index (χ3v) is 3.29. The molecule has 1 atom stereocenters. The molecule has 0 fully saturated rings. The second-order valence-corrected chi connectivity index (χ2v) is 4.97. The van der Waals surface area contributed by atoms with Crippen LogP contribution in [0.5, 0.6) is 5.75 Å². The number of nitrogens with two attached hydrogens (primary N) is 1. The molecule has 0 spiro atoms. The van der Waals surface area contributed by atoms with Crippen molar-refractivity contribution in [1.82, 2.24) is 0 Å². The first kappa shape index (κ1) is 14.4. The SMILES string of the molecule is COc1ccc(C/C(C)=C/C(N)c2ccccc2)cc1. The van der Waals surface area contributed by atoms with Gasteiger partial charge in [-0.25, -0.2) is 0 Å². The van der Waals surface area contributed by atoms with Gasteiger partial charge in [-0.15, -0.1) is 0 Å². The second-order valence-electron chi connectivity index (χ2n) is 4.97. The molecule has 0 bridgehead atoms. The Hall–Kier alpha value is -2.06. The monoisotopic (exact) mass is 267 g/mol. The normalized spacial score (nSPS) is 13.1. The molecule has 0 aromatic heterocycles. The zero-order valence-corrected chi connectivity index (χ0v) is 12.0. The summed E-state index contributed by atoms with van der Waals surface area (Å²) in [4.78, 5) is 0. The van der Waals surface area contributed by atoms with Crippen molar-refractivity contribution >= 4 is 0 Å². The Kier molecular flexibility index (Phi) is 4.97. The highest BCUT2D eigenvalue weighted by atomic mass is 16.5. The molecule has 0 amide bonds. The van der Waals surface area contributed by atoms with Crippen molar-refractivity contribution in [3.05, 3.63) is 77.4 Å². The first-order chi connectivity index (χ1) is 9.69. The molecule has 0 heterocycles. The van der Waals surface area contributed by atoms with Gasteiger partial charge in [0.1, 0.15) is 5.75 Å². The number of allylic oxidation sites excluding steroid dienone is 1. The first-order valence-electron chi connectivity index (χ1n) is 6.80. The maximum Gasteiger partial charge on any atom is 0.118 e. The van der Waals surface area contributed by atoms with E-state index < -0.39 is 0 Å². The number of hydrogen-bond acceptors (Lipinski definition) is 2. The Balaban J connectivity index is 2.03. The molecule has 104 valence electrons. The van der Waals surface area contributed by atoms with Crippen LogP contribution in [0.25, 0.3) is 0 Å². The van der Waals surface area contributed by atoms with Gasteiger partial charge < -0.3 is 10.5 Å². The lowest BCUT2D eigenvalue weighted by Crippen LogP contribution is -2.07. The third-order valence-electron chi connectivity index (χ3n) is 3.29. The van der Waals surface area contributed by atoms with Gasteiger partial charge in [0.2, 0.25) is 0 Å². The molecule has 1 unspecified atom stereocenters. The minimum atomic E-state index is -0.0468. The fourth-order valence-corrected chi connectivity index (χ4v) is 2.20. The zero-order chi connectivity index (χ0) is 14.4. The number of rotatable bonds is 5. The molecule has 0 saturated carbocycles. The van der Waals surface area contributed by atoms with Gasteiger partial charge in [-0.3, -0.25) is 0 Å². The molecular weight excluding hydrogens is 246 g/mol. The van der Waals surface area contributed by atoms with Crippen molar-refractivity contribution in [3.8, 4) is 5.75 Å². The summed E-state index contributed by atoms with van der Waals surface area (Å²) < 4.78 is 5.16. The van der Waals surface area contributed by atoms with Crippen LogP contribution in [0, 0.1) is 0 Å². The minimum absolute atomic E-state index is 0.0468. The van der Waals surface area contributed by atoms with E-state index in [0.29, 0.717) is 0 Å². The Morgan fingerprint density at radius 1 is 1.10 bits per heavy atom. The predicted octanol–water partition coefficient (Wildman–Crippen LogP) is 3.88. The average molecular weight is 267 g/mol. The average Bonchev–Trinajstić information content (AvgIpc) is 2.49. The van der Waals surface area contributed by atoms with Gasteiger partial charge in [0.15, 0.2) is 0 Å². The maximum atomic E-state index is 6.20. The van der Waals surface area contributed by atoms with Crippen LogP contribution >= 0.6 is 0 Å². The van der Waals surface area contributed by atoms with E-state index in [1.807, 2.05) is 30.3 Å². The zero-order valence-electron chi connectivity index (χ0n) is 12.0. The van der Waals surface area contributed by atoms with E-state index in [2.05, 4.69) is 37.3 Å². The summed E-state index contributed by atoms with van der Waals surface area (Å²) in [5.41, 5.74) is 9.87. The lowest BCUT2D eigenvalue weighted by molar-refractivity contribution is 0.414. The summed E-state index contributed by atoms with van der Waals surface area (Å²) in [6.07, 6.45) is 3.03. The molecule has 20 heavy (non-hydrogen) atoms. The highest BCUT2D eigenvalue weighted by Crippen LogP contribution is 2.17. The van der Waals surface area contributed by atoms with Crippen LogP contribution in [0.4, 0.5) is 0 Å². The lowest BCUT2D eigenvalue weighted by Gasteiger charge is -2.10. The molecule has 2 N–H and O–H groups in total. The molecule has 2 rings (SSSR count). The molecule has 0 radical (unpaired) electrons. The molecule has 0 aliphatic rings. The van der Waals surface area contributed by atoms with Crippen LogP contribution in [0.3, 0.4) is 0 Å². The van der Waals surface area contributed by atoms with Crippen LogP contribution in [-0.2, 0) is 6.42 Å². The number of hydrogen-bond donors (Lipinski definition) is 1. The maximum absolute atomic E-state index is 6.20. The van der Waals surface area contributed by atoms with Crippen LogP contribution in [0.2, 0.25) is 0 Å². The van der Waals surface area contributed by atoms with Gasteiger partial charge in [-0.1, -0.05) is 54.1 Å². The van der Waals surface area contributed by atoms with Gasteiger partial charge in [-0.2, -0.15) is 0 Å². The Bertz CT molecular complexity index is 558. The summed E-state index contributed by atoms with van der Waals surface area (Å²) in [5, 5.41) is 0. The van der Waals surface area contributed by atoms with Crippen molar-refractivity contribution in [2.24, 2.45) is 5.73 Å². The number of methoxy groups -OCH3 is 1. The molecule has 0 saturated heterocycles. The quantitative estimate of drug-likeness (QED) is 0.834. The summed E-state index contributed by atoms with van der Waals surface area (Å²) in [5.74, 6) is 0.886. The Morgan fingerprint density at radius 3 is 2.35 bits per heavy atom. The van der Waals surface area contributed by atoms with Gasteiger partial charge in [0.25, 0.3) is 0 Å². The number of ether oxygens (including phenoxy) is 1. The van der Waals surface area contributed by atoms with Crippen LogP contribution in [0.1, 0.15) is 24.1 Å². The first-order valence-corrected chi connectivity index (χ1v) is 6.80. The van der Waals surface area contributed by atoms with E-state index in [1.54, 1.807) is 7.11 Å². The van der Waals surface area contributed by atoms with Crippen molar-refractivity contribution in [1.29, 1.82) is 0 Å². The summed E-state index contributed by atoms with van der Waals surface area (Å²) in [6, 6.07) is 18.3. The molecule has 2 aromatic carbocycles. The van der Waals surface area contributed by atoms with E-state index in [-0.39, 0.29) is 6.04 Å². The van der Waals surface area contributed by atoms with Gasteiger partial charge in [0.05, 0.1) is 7.11 Å². The van der Waals surface area contributed by atoms with Crippen LogP contribution in [0.15, 0.2) is 66.2 Å². The third kappa shape index (κ3) is 3.97. The highest BCUT2D eigenvalue weighted by molar-refractivity contribution is 5.31. The molecule has 0 aliphatic carbocycles. The van der Waals surface area contributed by atoms with Crippen LogP contribution < -0.4 is 10.5 Å². The van der Waals surface area contributed by atoms with E-state index in [4.69, 9.17) is 10.5 Å². The number of benzene rings is 2. The standard InChI is InChI=1S/C18H21NO/c1-14(12-15-8-10-17(20-2)11-9-15)13-18(19)16-6-4-3-5-7-16/h3-11,13,18H,12,19H2,1-2H3/b14-13+. The van der Waals surface area contributed by atoms with E-state index >= 15 is 0 Å². The Morgan fingerprint density at radius 2 is 1.75 bits per heavy atom. The molecule has 2 nitrogen and oxygen atoms in total. The molecular formula is C18H21NO. The van der Waals surface area contributed by atoms with Crippen molar-refractivity contribution in [2.45, 2.75) is 19.4 Å². The van der Waals surface area contributed by atoms with Gasteiger partial charge in [0, 0.05) is 6.04 Å². The molecule has 0 aliphatic heterocycles. The topological polar surface area (TPSA) is 35.2 Å². The highest BCUT2D eigenvalue weighted by Gasteiger charge is 2.03. The van der Waals surface area contributed by atoms with Gasteiger partial charge in [-0.05, 0) is 36.6 Å². The predicted molar refractivity (Wildman–Crippen MR) is 83.8 cm³/mol. The van der Waals surface area contributed by atoms with Crippen molar-refractivity contribution < 1.29 is 4.74 Å². The molecule has 2 aromatic rings. The van der Waals surface area contributed by atoms with Gasteiger partial charge >= 0.3 is 0 Å². The minimum Gasteiger partial charge on any atom is -0.497 e. The van der Waals surface area contributed by atoms with E-state index in [1.165, 1.54) is 11.1 Å². The largest absolute Gasteiger partial charge is 0.497 e. The molecule has 2 heteroatoms. The second kappa shape index (κ2) is 6.92. The van der Waals surface area contributed by atoms with Crippen molar-refractivity contribution in [2.75, 3.05) is 7.11 Å².